The molecule has 50 heavy (non-hydrogen) atoms. The Balaban J connectivity index is 4.45. The van der Waals surface area contributed by atoms with Gasteiger partial charge in [0.1, 0.15) is 19.8 Å². The first-order valence-corrected chi connectivity index (χ1v) is 21.5. The summed E-state index contributed by atoms with van der Waals surface area (Å²) in [7, 11) is 1.14. The summed E-state index contributed by atoms with van der Waals surface area (Å²) < 4.78 is 33.7. The first-order valence-electron chi connectivity index (χ1n) is 20.0. The number of phosphoric ester groups is 1. The fourth-order valence-electron chi connectivity index (χ4n) is 5.28. The Morgan fingerprint density at radius 1 is 0.620 bits per heavy atom. The van der Waals surface area contributed by atoms with E-state index in [1.807, 2.05) is 21.1 Å². The number of ether oxygens (including phenoxy) is 2. The van der Waals surface area contributed by atoms with Crippen LogP contribution in [-0.2, 0) is 32.7 Å². The van der Waals surface area contributed by atoms with Crippen LogP contribution in [0.3, 0.4) is 0 Å². The Bertz CT molecular complexity index is 918. The molecule has 0 aromatic rings. The summed E-state index contributed by atoms with van der Waals surface area (Å²) in [6.07, 6.45) is 33.6. The Labute approximate surface area is 307 Å². The van der Waals surface area contributed by atoms with Crippen molar-refractivity contribution in [1.29, 1.82) is 0 Å². The average molecular weight is 730 g/mol. The number of carbonyl (C=O) groups is 2. The van der Waals surface area contributed by atoms with Crippen LogP contribution in [0.2, 0.25) is 0 Å². The van der Waals surface area contributed by atoms with Crippen LogP contribution < -0.4 is 4.89 Å². The minimum absolute atomic E-state index is 0.0366. The molecule has 0 aromatic carbocycles. The van der Waals surface area contributed by atoms with Gasteiger partial charge in [0, 0.05) is 12.8 Å². The minimum Gasteiger partial charge on any atom is -0.756 e. The Kier molecular flexibility index (Phi) is 32.3. The number of quaternary nitrogens is 1. The summed E-state index contributed by atoms with van der Waals surface area (Å²) in [5.74, 6) is -0.889. The smallest absolute Gasteiger partial charge is 0.306 e. The summed E-state index contributed by atoms with van der Waals surface area (Å²) in [6, 6.07) is 0. The van der Waals surface area contributed by atoms with Crippen molar-refractivity contribution >= 4 is 19.8 Å². The molecule has 0 aliphatic carbocycles. The van der Waals surface area contributed by atoms with Crippen LogP contribution in [0, 0.1) is 0 Å². The molecule has 0 bridgehead atoms. The van der Waals surface area contributed by atoms with Crippen LogP contribution >= 0.6 is 7.82 Å². The number of phosphoric acid groups is 1. The Morgan fingerprint density at radius 2 is 1.10 bits per heavy atom. The number of hydrogen-bond donors (Lipinski definition) is 0. The molecule has 0 aliphatic heterocycles. The third-order valence-electron chi connectivity index (χ3n) is 8.47. The van der Waals surface area contributed by atoms with Gasteiger partial charge in [-0.15, -0.1) is 0 Å². The molecular formula is C40H76NO8P. The van der Waals surface area contributed by atoms with E-state index in [0.717, 1.165) is 38.5 Å². The predicted octanol–water partition coefficient (Wildman–Crippen LogP) is 10.2. The molecule has 0 rings (SSSR count). The maximum atomic E-state index is 12.6. The third kappa shape index (κ3) is 36.3. The van der Waals surface area contributed by atoms with E-state index in [0.29, 0.717) is 17.4 Å². The van der Waals surface area contributed by atoms with Crippen LogP contribution in [0.5, 0.6) is 0 Å². The first-order chi connectivity index (χ1) is 24.0. The number of esters is 2. The van der Waals surface area contributed by atoms with Crippen molar-refractivity contribution in [3.63, 3.8) is 0 Å². The molecule has 0 saturated heterocycles. The zero-order valence-electron chi connectivity index (χ0n) is 32.8. The molecule has 1 unspecified atom stereocenters. The van der Waals surface area contributed by atoms with E-state index in [9.17, 15) is 19.0 Å². The van der Waals surface area contributed by atoms with Crippen LogP contribution in [0.15, 0.2) is 24.3 Å². The van der Waals surface area contributed by atoms with E-state index < -0.39 is 32.5 Å². The second kappa shape index (κ2) is 33.3. The van der Waals surface area contributed by atoms with E-state index in [2.05, 4.69) is 38.2 Å². The maximum absolute atomic E-state index is 12.6. The fraction of sp³-hybridized carbons (Fsp3) is 0.850. The fourth-order valence-corrected chi connectivity index (χ4v) is 6.01. The van der Waals surface area contributed by atoms with Crippen molar-refractivity contribution in [2.45, 2.75) is 174 Å². The molecule has 9 nitrogen and oxygen atoms in total. The highest BCUT2D eigenvalue weighted by Crippen LogP contribution is 2.38. The summed E-state index contributed by atoms with van der Waals surface area (Å²) in [6.45, 7) is 4.15. The monoisotopic (exact) mass is 730 g/mol. The molecular weight excluding hydrogens is 653 g/mol. The van der Waals surface area contributed by atoms with E-state index in [1.165, 1.54) is 96.3 Å². The molecule has 0 spiro atoms. The number of unbranched alkanes of at least 4 members (excludes halogenated alkanes) is 18. The molecule has 0 aromatic heterocycles. The van der Waals surface area contributed by atoms with Gasteiger partial charge in [0.25, 0.3) is 7.82 Å². The van der Waals surface area contributed by atoms with Gasteiger partial charge in [0.05, 0.1) is 27.7 Å². The second-order valence-electron chi connectivity index (χ2n) is 14.7. The van der Waals surface area contributed by atoms with Crippen molar-refractivity contribution in [3.05, 3.63) is 24.3 Å². The highest BCUT2D eigenvalue weighted by Gasteiger charge is 2.21. The van der Waals surface area contributed by atoms with E-state index in [-0.39, 0.29) is 26.1 Å². The Morgan fingerprint density at radius 3 is 1.64 bits per heavy atom. The van der Waals surface area contributed by atoms with Crippen LogP contribution in [-0.4, -0.2) is 70.0 Å². The van der Waals surface area contributed by atoms with E-state index >= 15 is 0 Å². The molecule has 0 radical (unpaired) electrons. The number of rotatable bonds is 36. The van der Waals surface area contributed by atoms with Gasteiger partial charge in [-0.25, -0.2) is 0 Å². The largest absolute Gasteiger partial charge is 0.756 e. The lowest BCUT2D eigenvalue weighted by atomic mass is 10.1. The number of carbonyl (C=O) groups excluding carboxylic acids is 2. The van der Waals surface area contributed by atoms with Gasteiger partial charge in [-0.1, -0.05) is 141 Å². The van der Waals surface area contributed by atoms with Gasteiger partial charge in [-0.05, 0) is 38.5 Å². The van der Waals surface area contributed by atoms with Gasteiger partial charge in [0.15, 0.2) is 6.10 Å². The maximum Gasteiger partial charge on any atom is 0.306 e. The molecule has 2 atom stereocenters. The lowest BCUT2D eigenvalue weighted by molar-refractivity contribution is -0.870. The van der Waals surface area contributed by atoms with Crippen LogP contribution in [0.1, 0.15) is 168 Å². The van der Waals surface area contributed by atoms with Crippen molar-refractivity contribution in [3.8, 4) is 0 Å². The molecule has 0 aliphatic rings. The molecule has 0 N–H and O–H groups in total. The lowest BCUT2D eigenvalue weighted by Gasteiger charge is -2.28. The summed E-state index contributed by atoms with van der Waals surface area (Å²) in [4.78, 5) is 37.3. The van der Waals surface area contributed by atoms with Crippen molar-refractivity contribution in [2.24, 2.45) is 0 Å². The van der Waals surface area contributed by atoms with Gasteiger partial charge >= 0.3 is 11.9 Å². The van der Waals surface area contributed by atoms with Crippen molar-refractivity contribution in [2.75, 3.05) is 47.5 Å². The normalized spacial score (nSPS) is 14.0. The zero-order valence-corrected chi connectivity index (χ0v) is 33.7. The number of nitrogens with zero attached hydrogens (tertiary/aromatic N) is 1. The highest BCUT2D eigenvalue weighted by molar-refractivity contribution is 7.45. The van der Waals surface area contributed by atoms with Crippen molar-refractivity contribution in [1.82, 2.24) is 0 Å². The Hall–Kier alpha value is -1.51. The molecule has 0 fully saturated rings. The summed E-state index contributed by atoms with van der Waals surface area (Å²) in [5, 5.41) is 0. The first kappa shape index (κ1) is 48.5. The van der Waals surface area contributed by atoms with Gasteiger partial charge in [-0.2, -0.15) is 0 Å². The predicted molar refractivity (Wildman–Crippen MR) is 204 cm³/mol. The molecule has 0 saturated carbocycles. The number of hydrogen-bond acceptors (Lipinski definition) is 8. The second-order valence-corrected chi connectivity index (χ2v) is 16.1. The molecule has 294 valence electrons. The topological polar surface area (TPSA) is 111 Å². The molecule has 10 heteroatoms. The number of likely N-dealkylation sites (N-methyl/N-ethyl adjacent to an activating group) is 1. The molecule has 0 amide bonds. The van der Waals surface area contributed by atoms with E-state index in [4.69, 9.17) is 18.5 Å². The van der Waals surface area contributed by atoms with Crippen LogP contribution in [0.25, 0.3) is 0 Å². The van der Waals surface area contributed by atoms with Crippen molar-refractivity contribution < 1.29 is 42.1 Å². The van der Waals surface area contributed by atoms with Gasteiger partial charge in [0.2, 0.25) is 0 Å². The van der Waals surface area contributed by atoms with Crippen LogP contribution in [0.4, 0.5) is 0 Å². The number of allylic oxidation sites excluding steroid dienone is 4. The summed E-state index contributed by atoms with van der Waals surface area (Å²) in [5.41, 5.74) is 0. The minimum atomic E-state index is -4.62. The average Bonchev–Trinajstić information content (AvgIpc) is 3.06. The quantitative estimate of drug-likeness (QED) is 0.0206. The van der Waals surface area contributed by atoms with Gasteiger partial charge in [-0.3, -0.25) is 14.2 Å². The molecule has 0 heterocycles. The zero-order chi connectivity index (χ0) is 37.2. The standard InChI is InChI=1S/C40H76NO8P/c1-6-8-10-12-14-16-17-18-19-20-21-22-23-25-27-29-31-33-40(43)49-38(37-48-50(44,45)47-35-34-41(3,4)5)36-46-39(42)32-30-28-26-24-15-13-11-9-7-2/h21-22,25,27,38H,6-20,23-24,26,28-37H2,1-5H3/b22-21+,27-25+/t38-/m1/s1. The SMILES string of the molecule is CCCCCCCCCCC/C=C/C/C=C/CCCC(=O)O[C@H](COC(=O)CCCCCCCCCCC)COP(=O)([O-])OCC[N+](C)(C)C. The summed E-state index contributed by atoms with van der Waals surface area (Å²) >= 11 is 0. The third-order valence-corrected chi connectivity index (χ3v) is 9.44. The van der Waals surface area contributed by atoms with E-state index in [1.54, 1.807) is 0 Å². The lowest BCUT2D eigenvalue weighted by Crippen LogP contribution is -2.37. The van der Waals surface area contributed by atoms with Gasteiger partial charge < -0.3 is 27.9 Å². The highest BCUT2D eigenvalue weighted by atomic mass is 31.2.